The summed E-state index contributed by atoms with van der Waals surface area (Å²) >= 11 is 0. The van der Waals surface area contributed by atoms with Gasteiger partial charge in [0, 0.05) is 0 Å². The first-order valence-electron chi connectivity index (χ1n) is 3.65. The minimum atomic E-state index is -0.513. The minimum absolute atomic E-state index is 0.142. The summed E-state index contributed by atoms with van der Waals surface area (Å²) in [5.41, 5.74) is 5.16. The maximum Gasteiger partial charge on any atom is 0.374 e. The fraction of sp³-hybridized carbons (Fsp3) is 0.222. The van der Waals surface area contributed by atoms with Gasteiger partial charge in [0.2, 0.25) is 5.76 Å². The van der Waals surface area contributed by atoms with Crippen molar-refractivity contribution in [2.24, 2.45) is 5.73 Å². The quantitative estimate of drug-likeness (QED) is 0.500. The Morgan fingerprint density at radius 3 is 3.08 bits per heavy atom. The van der Waals surface area contributed by atoms with Gasteiger partial charge in [-0.3, -0.25) is 0 Å². The summed E-state index contributed by atoms with van der Waals surface area (Å²) in [5, 5.41) is 0. The standard InChI is InChI=1S/C9H9NO3/c1-12-9(11)8-5-4-7(13-8)3-2-6-10/h4-5H,6,10H2,1H3. The summed E-state index contributed by atoms with van der Waals surface area (Å²) in [4.78, 5) is 10.9. The lowest BCUT2D eigenvalue weighted by atomic mass is 10.4. The highest BCUT2D eigenvalue weighted by molar-refractivity contribution is 5.86. The lowest BCUT2D eigenvalue weighted by Gasteiger charge is -1.90. The monoisotopic (exact) mass is 179 g/mol. The van der Waals surface area contributed by atoms with Gasteiger partial charge in [-0.15, -0.1) is 0 Å². The van der Waals surface area contributed by atoms with E-state index in [1.165, 1.54) is 13.2 Å². The van der Waals surface area contributed by atoms with Gasteiger partial charge in [0.05, 0.1) is 13.7 Å². The number of hydrogen-bond donors (Lipinski definition) is 1. The fourth-order valence-corrected chi connectivity index (χ4v) is 0.754. The number of furan rings is 1. The normalized spacial score (nSPS) is 8.77. The van der Waals surface area contributed by atoms with Crippen molar-refractivity contribution >= 4 is 5.97 Å². The largest absolute Gasteiger partial charge is 0.463 e. The average molecular weight is 179 g/mol. The molecule has 0 spiro atoms. The molecule has 0 radical (unpaired) electrons. The van der Waals surface area contributed by atoms with Gasteiger partial charge in [-0.1, -0.05) is 5.92 Å². The Labute approximate surface area is 75.7 Å². The molecule has 0 amide bonds. The number of nitrogens with two attached hydrogens (primary N) is 1. The van der Waals surface area contributed by atoms with Gasteiger partial charge in [0.25, 0.3) is 0 Å². The predicted molar refractivity (Wildman–Crippen MR) is 46.0 cm³/mol. The van der Waals surface area contributed by atoms with Crippen LogP contribution in [0.3, 0.4) is 0 Å². The fourth-order valence-electron chi connectivity index (χ4n) is 0.754. The van der Waals surface area contributed by atoms with Gasteiger partial charge in [0.1, 0.15) is 0 Å². The van der Waals surface area contributed by atoms with Crippen molar-refractivity contribution in [1.29, 1.82) is 0 Å². The van der Waals surface area contributed by atoms with Crippen LogP contribution in [-0.2, 0) is 4.74 Å². The van der Waals surface area contributed by atoms with Crippen LogP contribution in [0.1, 0.15) is 16.3 Å². The maximum atomic E-state index is 10.9. The summed E-state index contributed by atoms with van der Waals surface area (Å²) in [6.07, 6.45) is 0. The molecule has 0 unspecified atom stereocenters. The van der Waals surface area contributed by atoms with Gasteiger partial charge in [-0.05, 0) is 18.1 Å². The number of hydrogen-bond acceptors (Lipinski definition) is 4. The highest BCUT2D eigenvalue weighted by Crippen LogP contribution is 2.07. The van der Waals surface area contributed by atoms with E-state index in [1.54, 1.807) is 6.07 Å². The molecule has 0 aliphatic rings. The zero-order valence-electron chi connectivity index (χ0n) is 7.16. The number of methoxy groups -OCH3 is 1. The zero-order chi connectivity index (χ0) is 9.68. The summed E-state index contributed by atoms with van der Waals surface area (Å²) in [7, 11) is 1.29. The van der Waals surface area contributed by atoms with Crippen LogP contribution in [-0.4, -0.2) is 19.6 Å². The molecule has 2 N–H and O–H groups in total. The number of ether oxygens (including phenoxy) is 1. The van der Waals surface area contributed by atoms with Crippen molar-refractivity contribution in [1.82, 2.24) is 0 Å². The third-order valence-corrected chi connectivity index (χ3v) is 1.31. The molecule has 4 nitrogen and oxygen atoms in total. The molecule has 0 bridgehead atoms. The van der Waals surface area contributed by atoms with E-state index in [9.17, 15) is 4.79 Å². The van der Waals surface area contributed by atoms with Crippen LogP contribution in [0.5, 0.6) is 0 Å². The lowest BCUT2D eigenvalue weighted by molar-refractivity contribution is 0.0564. The lowest BCUT2D eigenvalue weighted by Crippen LogP contribution is -1.98. The molecule has 0 saturated carbocycles. The SMILES string of the molecule is COC(=O)c1ccc(C#CCN)o1. The first kappa shape index (κ1) is 9.36. The van der Waals surface area contributed by atoms with Crippen LogP contribution in [0.2, 0.25) is 0 Å². The summed E-state index contributed by atoms with van der Waals surface area (Å²) in [6.45, 7) is 0.258. The van der Waals surface area contributed by atoms with Crippen molar-refractivity contribution < 1.29 is 13.9 Å². The highest BCUT2D eigenvalue weighted by atomic mass is 16.5. The Kier molecular flexibility index (Phi) is 3.12. The summed E-state index contributed by atoms with van der Waals surface area (Å²) in [5.74, 6) is 5.30. The summed E-state index contributed by atoms with van der Waals surface area (Å²) in [6, 6.07) is 3.10. The van der Waals surface area contributed by atoms with Crippen LogP contribution >= 0.6 is 0 Å². The van der Waals surface area contributed by atoms with Gasteiger partial charge in [-0.2, -0.15) is 0 Å². The van der Waals surface area contributed by atoms with Crippen molar-refractivity contribution in [3.05, 3.63) is 23.7 Å². The average Bonchev–Trinajstić information content (AvgIpc) is 2.62. The second-order valence-corrected chi connectivity index (χ2v) is 2.16. The van der Waals surface area contributed by atoms with Gasteiger partial charge in [0.15, 0.2) is 5.76 Å². The second kappa shape index (κ2) is 4.33. The van der Waals surface area contributed by atoms with Gasteiger partial charge < -0.3 is 14.9 Å². The van der Waals surface area contributed by atoms with E-state index in [4.69, 9.17) is 10.2 Å². The smallest absolute Gasteiger partial charge is 0.374 e. The Balaban J connectivity index is 2.80. The molecule has 0 aromatic carbocycles. The molecular weight excluding hydrogens is 170 g/mol. The Hall–Kier alpha value is -1.73. The van der Waals surface area contributed by atoms with E-state index >= 15 is 0 Å². The molecule has 1 aromatic heterocycles. The van der Waals surface area contributed by atoms with Crippen LogP contribution in [0.15, 0.2) is 16.5 Å². The molecule has 1 heterocycles. The third kappa shape index (κ3) is 2.36. The molecule has 0 fully saturated rings. The van der Waals surface area contributed by atoms with Crippen LogP contribution < -0.4 is 5.73 Å². The van der Waals surface area contributed by atoms with Gasteiger partial charge in [-0.25, -0.2) is 4.79 Å². The molecule has 68 valence electrons. The molecule has 0 aliphatic carbocycles. The first-order chi connectivity index (χ1) is 6.27. The van der Waals surface area contributed by atoms with E-state index in [-0.39, 0.29) is 12.3 Å². The van der Waals surface area contributed by atoms with Crippen molar-refractivity contribution in [3.8, 4) is 11.8 Å². The molecule has 1 rings (SSSR count). The van der Waals surface area contributed by atoms with E-state index in [0.717, 1.165) is 0 Å². The molecule has 4 heteroatoms. The zero-order valence-corrected chi connectivity index (χ0v) is 7.16. The molecule has 0 atom stereocenters. The number of carbonyl (C=O) groups excluding carboxylic acids is 1. The van der Waals surface area contributed by atoms with E-state index in [0.29, 0.717) is 5.76 Å². The number of carbonyl (C=O) groups is 1. The first-order valence-corrected chi connectivity index (χ1v) is 3.65. The van der Waals surface area contributed by atoms with Crippen molar-refractivity contribution in [3.63, 3.8) is 0 Å². The molecule has 0 saturated heterocycles. The maximum absolute atomic E-state index is 10.9. The van der Waals surface area contributed by atoms with Crippen LogP contribution in [0.4, 0.5) is 0 Å². The van der Waals surface area contributed by atoms with Gasteiger partial charge >= 0.3 is 5.97 Å². The Morgan fingerprint density at radius 2 is 2.46 bits per heavy atom. The predicted octanol–water partition coefficient (Wildman–Crippen LogP) is 0.376. The highest BCUT2D eigenvalue weighted by Gasteiger charge is 2.09. The number of esters is 1. The summed E-state index contributed by atoms with van der Waals surface area (Å²) < 4.78 is 9.48. The van der Waals surface area contributed by atoms with Crippen molar-refractivity contribution in [2.45, 2.75) is 0 Å². The molecular formula is C9H9NO3. The topological polar surface area (TPSA) is 65.5 Å². The van der Waals surface area contributed by atoms with E-state index in [2.05, 4.69) is 16.6 Å². The Morgan fingerprint density at radius 1 is 1.69 bits per heavy atom. The second-order valence-electron chi connectivity index (χ2n) is 2.16. The molecule has 0 aliphatic heterocycles. The third-order valence-electron chi connectivity index (χ3n) is 1.31. The molecule has 13 heavy (non-hydrogen) atoms. The van der Waals surface area contributed by atoms with E-state index in [1.807, 2.05) is 0 Å². The van der Waals surface area contributed by atoms with E-state index < -0.39 is 5.97 Å². The molecule has 1 aromatic rings. The van der Waals surface area contributed by atoms with Crippen molar-refractivity contribution in [2.75, 3.05) is 13.7 Å². The number of rotatable bonds is 1. The van der Waals surface area contributed by atoms with Crippen LogP contribution in [0, 0.1) is 11.8 Å². The van der Waals surface area contributed by atoms with Crippen LogP contribution in [0.25, 0.3) is 0 Å². The minimum Gasteiger partial charge on any atom is -0.463 e. The Bertz CT molecular complexity index is 356.